The van der Waals surface area contributed by atoms with E-state index in [2.05, 4.69) is 41.4 Å². The molecule has 1 aliphatic carbocycles. The standard InChI is InChI=1S/C27H31N3O3/c1-27(2,28)24(26(32)30-33)29-25(31)23-17-15-20(16-18-23)6-4-3-5-19-7-9-21(10-8-19)11-12-22-13-14-22/h3,5,7-10,15-18,22,24,33H,11-14,28H2,1-2H3,(H,29,31)(H,30,32)/b5-3+/t24-/m1/s1. The fourth-order valence-corrected chi connectivity index (χ4v) is 3.41. The number of allylic oxidation sites excluding steroid dienone is 1. The van der Waals surface area contributed by atoms with Crippen molar-refractivity contribution in [1.82, 2.24) is 10.8 Å². The summed E-state index contributed by atoms with van der Waals surface area (Å²) in [5.74, 6) is 5.75. The molecule has 0 aromatic heterocycles. The molecule has 172 valence electrons. The van der Waals surface area contributed by atoms with Gasteiger partial charge in [-0.25, -0.2) is 5.48 Å². The zero-order chi connectivity index (χ0) is 23.8. The van der Waals surface area contributed by atoms with Crippen molar-refractivity contribution in [2.24, 2.45) is 11.7 Å². The van der Waals surface area contributed by atoms with Crippen LogP contribution in [0.1, 0.15) is 60.2 Å². The maximum absolute atomic E-state index is 12.5. The van der Waals surface area contributed by atoms with Crippen LogP contribution in [0.25, 0.3) is 6.08 Å². The third-order valence-corrected chi connectivity index (χ3v) is 5.63. The van der Waals surface area contributed by atoms with Crippen LogP contribution in [0.15, 0.2) is 54.6 Å². The topological polar surface area (TPSA) is 104 Å². The fourth-order valence-electron chi connectivity index (χ4n) is 3.41. The Bertz CT molecular complexity index is 1050. The van der Waals surface area contributed by atoms with Gasteiger partial charge in [0, 0.05) is 16.7 Å². The number of amides is 2. The second-order valence-electron chi connectivity index (χ2n) is 9.11. The van der Waals surface area contributed by atoms with E-state index in [0.29, 0.717) is 5.56 Å². The Morgan fingerprint density at radius 2 is 1.82 bits per heavy atom. The maximum Gasteiger partial charge on any atom is 0.267 e. The van der Waals surface area contributed by atoms with E-state index >= 15 is 0 Å². The van der Waals surface area contributed by atoms with Crippen molar-refractivity contribution in [3.8, 4) is 11.8 Å². The van der Waals surface area contributed by atoms with Gasteiger partial charge in [0.1, 0.15) is 6.04 Å². The van der Waals surface area contributed by atoms with E-state index in [0.717, 1.165) is 23.5 Å². The average molecular weight is 446 g/mol. The smallest absolute Gasteiger partial charge is 0.267 e. The first kappa shape index (κ1) is 24.2. The van der Waals surface area contributed by atoms with Crippen molar-refractivity contribution in [2.45, 2.75) is 51.1 Å². The summed E-state index contributed by atoms with van der Waals surface area (Å²) in [4.78, 5) is 24.3. The third-order valence-electron chi connectivity index (χ3n) is 5.63. The lowest BCUT2D eigenvalue weighted by Crippen LogP contribution is -2.61. The van der Waals surface area contributed by atoms with Crippen molar-refractivity contribution in [3.05, 3.63) is 76.9 Å². The largest absolute Gasteiger partial charge is 0.338 e. The molecule has 0 unspecified atom stereocenters. The van der Waals surface area contributed by atoms with Crippen LogP contribution in [0.3, 0.4) is 0 Å². The number of benzene rings is 2. The summed E-state index contributed by atoms with van der Waals surface area (Å²) >= 11 is 0. The number of hydrogen-bond acceptors (Lipinski definition) is 4. The first-order valence-corrected chi connectivity index (χ1v) is 11.2. The van der Waals surface area contributed by atoms with Gasteiger partial charge in [-0.2, -0.15) is 0 Å². The number of carbonyl (C=O) groups excluding carboxylic acids is 2. The Hall–Kier alpha value is -3.40. The Morgan fingerprint density at radius 1 is 1.15 bits per heavy atom. The number of aryl methyl sites for hydroxylation is 1. The SMILES string of the molecule is CC(C)(N)[C@H](NC(=O)c1ccc(C#C/C=C/c2ccc(CCC3CC3)cc2)cc1)C(=O)NO. The van der Waals surface area contributed by atoms with Gasteiger partial charge in [0.25, 0.3) is 11.8 Å². The second-order valence-corrected chi connectivity index (χ2v) is 9.11. The lowest BCUT2D eigenvalue weighted by molar-refractivity contribution is -0.132. The first-order valence-electron chi connectivity index (χ1n) is 11.2. The Labute approximate surface area is 195 Å². The van der Waals surface area contributed by atoms with Gasteiger partial charge in [-0.15, -0.1) is 0 Å². The van der Waals surface area contributed by atoms with Gasteiger partial charge >= 0.3 is 0 Å². The molecule has 6 nitrogen and oxygen atoms in total. The molecule has 0 aliphatic heterocycles. The third kappa shape index (κ3) is 7.60. The number of nitrogens with two attached hydrogens (primary N) is 1. The molecule has 0 bridgehead atoms. The molecule has 1 atom stereocenters. The molecule has 33 heavy (non-hydrogen) atoms. The van der Waals surface area contributed by atoms with Crippen molar-refractivity contribution in [3.63, 3.8) is 0 Å². The van der Waals surface area contributed by atoms with E-state index in [-0.39, 0.29) is 0 Å². The van der Waals surface area contributed by atoms with Gasteiger partial charge in [0.2, 0.25) is 0 Å². The molecular weight excluding hydrogens is 414 g/mol. The van der Waals surface area contributed by atoms with Gasteiger partial charge < -0.3 is 11.1 Å². The van der Waals surface area contributed by atoms with Gasteiger partial charge in [0.15, 0.2) is 0 Å². The number of hydroxylamine groups is 1. The molecule has 0 heterocycles. The van der Waals surface area contributed by atoms with Crippen LogP contribution in [0, 0.1) is 17.8 Å². The molecule has 1 fully saturated rings. The van der Waals surface area contributed by atoms with Crippen molar-refractivity contribution >= 4 is 17.9 Å². The second kappa shape index (κ2) is 11.0. The molecule has 2 amide bonds. The molecule has 1 saturated carbocycles. The molecular formula is C27H31N3O3. The van der Waals surface area contributed by atoms with Crippen LogP contribution in [0.4, 0.5) is 0 Å². The highest BCUT2D eigenvalue weighted by atomic mass is 16.5. The van der Waals surface area contributed by atoms with E-state index in [1.807, 2.05) is 6.08 Å². The zero-order valence-corrected chi connectivity index (χ0v) is 19.1. The number of carbonyl (C=O) groups is 2. The van der Waals surface area contributed by atoms with Gasteiger partial charge in [-0.1, -0.05) is 48.9 Å². The van der Waals surface area contributed by atoms with Crippen LogP contribution in [0.5, 0.6) is 0 Å². The van der Waals surface area contributed by atoms with E-state index in [1.54, 1.807) is 44.2 Å². The van der Waals surface area contributed by atoms with E-state index in [4.69, 9.17) is 10.9 Å². The highest BCUT2D eigenvalue weighted by Crippen LogP contribution is 2.33. The quantitative estimate of drug-likeness (QED) is 0.284. The minimum absolute atomic E-state index is 0.359. The van der Waals surface area contributed by atoms with E-state index < -0.39 is 23.4 Å². The number of hydrogen-bond donors (Lipinski definition) is 4. The first-order chi connectivity index (χ1) is 15.8. The molecule has 0 spiro atoms. The van der Waals surface area contributed by atoms with Gasteiger partial charge in [-0.05, 0) is 80.2 Å². The molecule has 0 saturated heterocycles. The average Bonchev–Trinajstić information content (AvgIpc) is 3.63. The highest BCUT2D eigenvalue weighted by molar-refractivity contribution is 5.97. The fraction of sp³-hybridized carbons (Fsp3) is 0.333. The van der Waals surface area contributed by atoms with Crippen molar-refractivity contribution in [2.75, 3.05) is 0 Å². The van der Waals surface area contributed by atoms with Crippen LogP contribution in [-0.4, -0.2) is 28.6 Å². The minimum atomic E-state index is -1.09. The summed E-state index contributed by atoms with van der Waals surface area (Å²) in [6.45, 7) is 3.17. The molecule has 2 aromatic rings. The molecule has 0 radical (unpaired) electrons. The van der Waals surface area contributed by atoms with E-state index in [1.165, 1.54) is 30.3 Å². The molecule has 5 N–H and O–H groups in total. The summed E-state index contributed by atoms with van der Waals surface area (Å²) in [5.41, 5.74) is 10.0. The van der Waals surface area contributed by atoms with Crippen molar-refractivity contribution in [1.29, 1.82) is 0 Å². The zero-order valence-electron chi connectivity index (χ0n) is 19.1. The molecule has 2 aromatic carbocycles. The summed E-state index contributed by atoms with van der Waals surface area (Å²) < 4.78 is 0. The number of rotatable bonds is 8. The van der Waals surface area contributed by atoms with Crippen LogP contribution < -0.4 is 16.5 Å². The Morgan fingerprint density at radius 3 is 2.39 bits per heavy atom. The predicted octanol–water partition coefficient (Wildman–Crippen LogP) is 3.44. The minimum Gasteiger partial charge on any atom is -0.338 e. The normalized spacial score (nSPS) is 14.3. The summed E-state index contributed by atoms with van der Waals surface area (Å²) in [6.07, 6.45) is 9.02. The number of nitrogens with one attached hydrogen (secondary N) is 2. The molecule has 1 aliphatic rings. The summed E-state index contributed by atoms with van der Waals surface area (Å²) in [6, 6.07) is 14.2. The summed E-state index contributed by atoms with van der Waals surface area (Å²) in [5, 5.41) is 11.4. The van der Waals surface area contributed by atoms with Gasteiger partial charge in [-0.3, -0.25) is 14.8 Å². The predicted molar refractivity (Wildman–Crippen MR) is 129 cm³/mol. The Kier molecular flexibility index (Phi) is 8.05. The Balaban J connectivity index is 1.55. The van der Waals surface area contributed by atoms with Crippen LogP contribution >= 0.6 is 0 Å². The molecule has 6 heteroatoms. The highest BCUT2D eigenvalue weighted by Gasteiger charge is 2.33. The van der Waals surface area contributed by atoms with E-state index in [9.17, 15) is 9.59 Å². The van der Waals surface area contributed by atoms with Crippen LogP contribution in [0.2, 0.25) is 0 Å². The molecule has 3 rings (SSSR count). The maximum atomic E-state index is 12.5. The monoisotopic (exact) mass is 445 g/mol. The lowest BCUT2D eigenvalue weighted by atomic mass is 9.95. The van der Waals surface area contributed by atoms with Crippen molar-refractivity contribution < 1.29 is 14.8 Å². The lowest BCUT2D eigenvalue weighted by Gasteiger charge is -2.29. The van der Waals surface area contributed by atoms with Crippen LogP contribution in [-0.2, 0) is 11.2 Å². The summed E-state index contributed by atoms with van der Waals surface area (Å²) in [7, 11) is 0. The van der Waals surface area contributed by atoms with Gasteiger partial charge in [0.05, 0.1) is 0 Å².